The summed E-state index contributed by atoms with van der Waals surface area (Å²) in [6, 6.07) is 10.8. The van der Waals surface area contributed by atoms with Crippen LogP contribution >= 0.6 is 0 Å². The summed E-state index contributed by atoms with van der Waals surface area (Å²) in [5.41, 5.74) is 2.96. The summed E-state index contributed by atoms with van der Waals surface area (Å²) >= 11 is 0. The minimum absolute atomic E-state index is 0.301. The van der Waals surface area contributed by atoms with Gasteiger partial charge in [-0.2, -0.15) is 0 Å². The second-order valence-electron chi connectivity index (χ2n) is 5.66. The molecule has 0 bridgehead atoms. The summed E-state index contributed by atoms with van der Waals surface area (Å²) in [5.74, 6) is 0.471. The average Bonchev–Trinajstić information content (AvgIpc) is 2.61. The Morgan fingerprint density at radius 1 is 1.17 bits per heavy atom. The third-order valence-electron chi connectivity index (χ3n) is 3.98. The molecule has 24 heavy (non-hydrogen) atoms. The Morgan fingerprint density at radius 3 is 2.42 bits per heavy atom. The van der Waals surface area contributed by atoms with E-state index < -0.39 is 0 Å². The quantitative estimate of drug-likeness (QED) is 0.576. The Hall–Kier alpha value is -2.56. The van der Waals surface area contributed by atoms with Crippen LogP contribution in [0.1, 0.15) is 12.5 Å². The lowest BCUT2D eigenvalue weighted by atomic mass is 10.1. The number of rotatable bonds is 6. The Balaban J connectivity index is 2.30. The van der Waals surface area contributed by atoms with Gasteiger partial charge in [-0.05, 0) is 49.7 Å². The molecule has 4 nitrogen and oxygen atoms in total. The summed E-state index contributed by atoms with van der Waals surface area (Å²) in [7, 11) is 5.39. The molecule has 0 aliphatic carbocycles. The van der Waals surface area contributed by atoms with Crippen LogP contribution in [0.4, 0.5) is 21.5 Å². The molecule has 0 atom stereocenters. The molecule has 128 valence electrons. The SMILES string of the molecule is CCN(C)C=Nc1cc(F)c(N(C)c2ccc(OC)cc2)cc1C. The topological polar surface area (TPSA) is 28.1 Å². The number of halogens is 1. The fraction of sp³-hybridized carbons (Fsp3) is 0.316. The summed E-state index contributed by atoms with van der Waals surface area (Å²) in [6.45, 7) is 4.82. The van der Waals surface area contributed by atoms with Crippen LogP contribution < -0.4 is 9.64 Å². The summed E-state index contributed by atoms with van der Waals surface area (Å²) in [6.07, 6.45) is 1.72. The van der Waals surface area contributed by atoms with Crippen molar-refractivity contribution in [2.24, 2.45) is 4.99 Å². The van der Waals surface area contributed by atoms with E-state index in [-0.39, 0.29) is 5.82 Å². The fourth-order valence-electron chi connectivity index (χ4n) is 2.24. The third-order valence-corrected chi connectivity index (χ3v) is 3.98. The number of aliphatic imine (C=N–C) groups is 1. The highest BCUT2D eigenvalue weighted by atomic mass is 19.1. The molecule has 0 aliphatic rings. The van der Waals surface area contributed by atoms with Gasteiger partial charge in [0.25, 0.3) is 0 Å². The van der Waals surface area contributed by atoms with Crippen LogP contribution in [0.5, 0.6) is 5.75 Å². The van der Waals surface area contributed by atoms with Crippen molar-refractivity contribution in [1.29, 1.82) is 0 Å². The van der Waals surface area contributed by atoms with E-state index in [0.29, 0.717) is 11.4 Å². The van der Waals surface area contributed by atoms with Crippen molar-refractivity contribution < 1.29 is 9.13 Å². The number of hydrogen-bond acceptors (Lipinski definition) is 3. The predicted molar refractivity (Wildman–Crippen MR) is 98.7 cm³/mol. The lowest BCUT2D eigenvalue weighted by Gasteiger charge is -2.21. The molecule has 0 heterocycles. The van der Waals surface area contributed by atoms with E-state index in [1.165, 1.54) is 6.07 Å². The van der Waals surface area contributed by atoms with Gasteiger partial charge >= 0.3 is 0 Å². The third kappa shape index (κ3) is 4.04. The summed E-state index contributed by atoms with van der Waals surface area (Å²) in [4.78, 5) is 8.11. The Kier molecular flexibility index (Phi) is 5.79. The van der Waals surface area contributed by atoms with Crippen LogP contribution in [0.25, 0.3) is 0 Å². The van der Waals surface area contributed by atoms with Crippen LogP contribution in [0.3, 0.4) is 0 Å². The van der Waals surface area contributed by atoms with Crippen molar-refractivity contribution in [1.82, 2.24) is 4.90 Å². The highest BCUT2D eigenvalue weighted by Gasteiger charge is 2.12. The molecule has 0 fully saturated rings. The molecule has 0 radical (unpaired) electrons. The highest BCUT2D eigenvalue weighted by Crippen LogP contribution is 2.32. The standard InChI is InChI=1S/C19H24FN3O/c1-6-22(3)13-21-18-12-17(20)19(11-14(18)2)23(4)15-7-9-16(24-5)10-8-15/h7-13H,6H2,1-5H3. The molecule has 5 heteroatoms. The minimum Gasteiger partial charge on any atom is -0.497 e. The summed E-state index contributed by atoms with van der Waals surface area (Å²) < 4.78 is 19.7. The Morgan fingerprint density at radius 2 is 1.83 bits per heavy atom. The number of hydrogen-bond donors (Lipinski definition) is 0. The molecular formula is C19H24FN3O. The van der Waals surface area contributed by atoms with Crippen molar-refractivity contribution >= 4 is 23.4 Å². The molecule has 0 N–H and O–H groups in total. The molecule has 0 aromatic heterocycles. The van der Waals surface area contributed by atoms with Gasteiger partial charge in [-0.3, -0.25) is 0 Å². The van der Waals surface area contributed by atoms with Crippen LogP contribution in [-0.4, -0.2) is 39.0 Å². The van der Waals surface area contributed by atoms with Crippen molar-refractivity contribution in [2.75, 3.05) is 32.6 Å². The van der Waals surface area contributed by atoms with E-state index in [9.17, 15) is 4.39 Å². The van der Waals surface area contributed by atoms with Gasteiger partial charge in [0, 0.05) is 32.4 Å². The maximum Gasteiger partial charge on any atom is 0.148 e. The summed E-state index contributed by atoms with van der Waals surface area (Å²) in [5, 5.41) is 0. The molecule has 2 aromatic carbocycles. The zero-order valence-electron chi connectivity index (χ0n) is 14.9. The number of ether oxygens (including phenoxy) is 1. The molecule has 0 amide bonds. The van der Waals surface area contributed by atoms with Gasteiger partial charge in [0.05, 0.1) is 24.8 Å². The number of benzene rings is 2. The first-order valence-electron chi connectivity index (χ1n) is 7.88. The van der Waals surface area contributed by atoms with Crippen LogP contribution in [0.2, 0.25) is 0 Å². The maximum atomic E-state index is 14.6. The normalized spacial score (nSPS) is 10.9. The van der Waals surface area contributed by atoms with Gasteiger partial charge in [0.1, 0.15) is 11.6 Å². The first-order valence-corrected chi connectivity index (χ1v) is 7.88. The molecular weight excluding hydrogens is 305 g/mol. The van der Waals surface area contributed by atoms with Gasteiger partial charge in [0.2, 0.25) is 0 Å². The van der Waals surface area contributed by atoms with E-state index in [4.69, 9.17) is 4.74 Å². The number of aryl methyl sites for hydroxylation is 1. The van der Waals surface area contributed by atoms with Crippen molar-refractivity contribution in [3.63, 3.8) is 0 Å². The first kappa shape index (κ1) is 17.8. The second kappa shape index (κ2) is 7.81. The molecule has 0 spiro atoms. The van der Waals surface area contributed by atoms with Gasteiger partial charge < -0.3 is 14.5 Å². The van der Waals surface area contributed by atoms with E-state index >= 15 is 0 Å². The van der Waals surface area contributed by atoms with Crippen molar-refractivity contribution in [3.8, 4) is 5.75 Å². The smallest absolute Gasteiger partial charge is 0.148 e. The van der Waals surface area contributed by atoms with Gasteiger partial charge in [-0.25, -0.2) is 9.38 Å². The van der Waals surface area contributed by atoms with Gasteiger partial charge in [-0.15, -0.1) is 0 Å². The monoisotopic (exact) mass is 329 g/mol. The Labute approximate surface area is 143 Å². The van der Waals surface area contributed by atoms with Crippen molar-refractivity contribution in [3.05, 3.63) is 47.8 Å². The maximum absolute atomic E-state index is 14.6. The zero-order chi connectivity index (χ0) is 17.7. The van der Waals surface area contributed by atoms with E-state index in [2.05, 4.69) is 4.99 Å². The minimum atomic E-state index is -0.301. The van der Waals surface area contributed by atoms with E-state index in [0.717, 1.165) is 23.5 Å². The molecule has 0 aliphatic heterocycles. The predicted octanol–water partition coefficient (Wildman–Crippen LogP) is 4.52. The number of nitrogens with zero attached hydrogens (tertiary/aromatic N) is 3. The molecule has 0 saturated carbocycles. The average molecular weight is 329 g/mol. The number of anilines is 2. The van der Waals surface area contributed by atoms with Crippen molar-refractivity contribution in [2.45, 2.75) is 13.8 Å². The zero-order valence-corrected chi connectivity index (χ0v) is 14.9. The van der Waals surface area contributed by atoms with Gasteiger partial charge in [-0.1, -0.05) is 0 Å². The van der Waals surface area contributed by atoms with Crippen LogP contribution in [0.15, 0.2) is 41.4 Å². The van der Waals surface area contributed by atoms with Crippen LogP contribution in [0, 0.1) is 12.7 Å². The largest absolute Gasteiger partial charge is 0.497 e. The Bertz CT molecular complexity index is 713. The van der Waals surface area contributed by atoms with E-state index in [1.54, 1.807) is 13.4 Å². The molecule has 0 unspecified atom stereocenters. The lowest BCUT2D eigenvalue weighted by Crippen LogP contribution is -2.14. The second-order valence-corrected chi connectivity index (χ2v) is 5.66. The van der Waals surface area contributed by atoms with Gasteiger partial charge in [0.15, 0.2) is 0 Å². The molecule has 0 saturated heterocycles. The lowest BCUT2D eigenvalue weighted by molar-refractivity contribution is 0.415. The van der Waals surface area contributed by atoms with Crippen LogP contribution in [-0.2, 0) is 0 Å². The van der Waals surface area contributed by atoms with E-state index in [1.807, 2.05) is 68.1 Å². The number of methoxy groups -OCH3 is 1. The molecule has 2 rings (SSSR count). The first-order chi connectivity index (χ1) is 11.5. The molecule has 2 aromatic rings. The fourth-order valence-corrected chi connectivity index (χ4v) is 2.24. The highest BCUT2D eigenvalue weighted by molar-refractivity contribution is 5.69.